The summed E-state index contributed by atoms with van der Waals surface area (Å²) in [5.41, 5.74) is 4.68. The van der Waals surface area contributed by atoms with Crippen LogP contribution in [0.5, 0.6) is 5.75 Å². The van der Waals surface area contributed by atoms with Gasteiger partial charge in [0.1, 0.15) is 5.75 Å². The highest BCUT2D eigenvalue weighted by Crippen LogP contribution is 2.31. The zero-order valence-corrected chi connectivity index (χ0v) is 14.3. The normalized spacial score (nSPS) is 11.0. The first-order valence-electron chi connectivity index (χ1n) is 7.74. The number of ether oxygens (including phenoxy) is 2. The number of rotatable bonds is 6. The quantitative estimate of drug-likeness (QED) is 0.592. The second-order valence-corrected chi connectivity index (χ2v) is 5.50. The molecule has 0 aliphatic rings. The van der Waals surface area contributed by atoms with Crippen LogP contribution in [0.25, 0.3) is 0 Å². The number of carbonyl (C=O) groups is 2. The summed E-state index contributed by atoms with van der Waals surface area (Å²) < 4.78 is 47.6. The van der Waals surface area contributed by atoms with Crippen LogP contribution in [-0.4, -0.2) is 25.6 Å². The number of halogens is 3. The molecule has 0 bridgehead atoms. The lowest BCUT2D eigenvalue weighted by Crippen LogP contribution is -2.28. The third-order valence-electron chi connectivity index (χ3n) is 3.58. The van der Waals surface area contributed by atoms with Crippen molar-refractivity contribution in [2.75, 3.05) is 19.5 Å². The van der Waals surface area contributed by atoms with Gasteiger partial charge in [-0.15, -0.1) is 0 Å². The largest absolute Gasteiger partial charge is 0.497 e. The Morgan fingerprint density at radius 2 is 1.78 bits per heavy atom. The molecular weight excluding hydrogens is 365 g/mol. The Morgan fingerprint density at radius 1 is 1.11 bits per heavy atom. The number of nitrogen functional groups attached to an aromatic ring is 1. The summed E-state index contributed by atoms with van der Waals surface area (Å²) in [6, 6.07) is 9.25. The van der Waals surface area contributed by atoms with Crippen LogP contribution >= 0.6 is 0 Å². The molecular formula is C18H17F3N2O4. The van der Waals surface area contributed by atoms with Crippen molar-refractivity contribution in [3.63, 3.8) is 0 Å². The average molecular weight is 382 g/mol. The van der Waals surface area contributed by atoms with Crippen molar-refractivity contribution >= 4 is 17.6 Å². The lowest BCUT2D eigenvalue weighted by Gasteiger charge is -2.11. The predicted molar refractivity (Wildman–Crippen MR) is 91.0 cm³/mol. The van der Waals surface area contributed by atoms with Gasteiger partial charge in [-0.1, -0.05) is 12.1 Å². The molecule has 0 aliphatic heterocycles. The molecule has 0 aromatic heterocycles. The molecule has 2 rings (SSSR count). The van der Waals surface area contributed by atoms with E-state index in [9.17, 15) is 22.8 Å². The number of nitrogens with one attached hydrogen (secondary N) is 1. The van der Waals surface area contributed by atoms with E-state index in [4.69, 9.17) is 15.2 Å². The molecule has 0 aliphatic carbocycles. The van der Waals surface area contributed by atoms with Gasteiger partial charge >= 0.3 is 12.1 Å². The summed E-state index contributed by atoms with van der Waals surface area (Å²) in [7, 11) is 1.54. The number of benzene rings is 2. The highest BCUT2D eigenvalue weighted by atomic mass is 19.4. The Labute approximate surface area is 153 Å². The van der Waals surface area contributed by atoms with Gasteiger partial charge in [0.05, 0.1) is 18.2 Å². The monoisotopic (exact) mass is 382 g/mol. The summed E-state index contributed by atoms with van der Waals surface area (Å²) in [5, 5.41) is 2.55. The Hall–Kier alpha value is -3.23. The summed E-state index contributed by atoms with van der Waals surface area (Å²) >= 11 is 0. The SMILES string of the molecule is COc1ccc(CNC(=O)COC(=O)c2ccc(C(F)(F)F)cc2N)cc1. The minimum Gasteiger partial charge on any atom is -0.497 e. The van der Waals surface area contributed by atoms with Crippen molar-refractivity contribution < 1.29 is 32.2 Å². The molecule has 0 radical (unpaired) electrons. The standard InChI is InChI=1S/C18H17F3N2O4/c1-26-13-5-2-11(3-6-13)9-23-16(24)10-27-17(25)14-7-4-12(8-15(14)22)18(19,20)21/h2-8H,9-10,22H2,1H3,(H,23,24). The van der Waals surface area contributed by atoms with Gasteiger partial charge in [-0.3, -0.25) is 4.79 Å². The van der Waals surface area contributed by atoms with Gasteiger partial charge in [0.2, 0.25) is 0 Å². The van der Waals surface area contributed by atoms with Gasteiger partial charge in [0.15, 0.2) is 6.61 Å². The van der Waals surface area contributed by atoms with E-state index in [0.29, 0.717) is 11.8 Å². The molecule has 2 aromatic carbocycles. The molecule has 6 nitrogen and oxygen atoms in total. The van der Waals surface area contributed by atoms with Crippen molar-refractivity contribution in [1.82, 2.24) is 5.32 Å². The Kier molecular flexibility index (Phi) is 6.27. The van der Waals surface area contributed by atoms with E-state index in [1.807, 2.05) is 0 Å². The van der Waals surface area contributed by atoms with E-state index in [1.54, 1.807) is 24.3 Å². The lowest BCUT2D eigenvalue weighted by molar-refractivity contribution is -0.137. The highest BCUT2D eigenvalue weighted by molar-refractivity contribution is 5.96. The molecule has 0 spiro atoms. The smallest absolute Gasteiger partial charge is 0.416 e. The first kappa shape index (κ1) is 20.1. The minimum absolute atomic E-state index is 0.211. The van der Waals surface area contributed by atoms with Crippen LogP contribution in [0.3, 0.4) is 0 Å². The number of esters is 1. The molecule has 0 saturated heterocycles. The van der Waals surface area contributed by atoms with E-state index >= 15 is 0 Å². The fourth-order valence-electron chi connectivity index (χ4n) is 2.13. The van der Waals surface area contributed by atoms with E-state index in [0.717, 1.165) is 17.7 Å². The van der Waals surface area contributed by atoms with E-state index in [1.165, 1.54) is 7.11 Å². The van der Waals surface area contributed by atoms with Crippen LogP contribution in [0.1, 0.15) is 21.5 Å². The van der Waals surface area contributed by atoms with Crippen LogP contribution in [0.15, 0.2) is 42.5 Å². The molecule has 3 N–H and O–H groups in total. The second kappa shape index (κ2) is 8.43. The maximum absolute atomic E-state index is 12.6. The molecule has 0 saturated carbocycles. The van der Waals surface area contributed by atoms with Gasteiger partial charge < -0.3 is 20.5 Å². The first-order valence-corrected chi connectivity index (χ1v) is 7.74. The van der Waals surface area contributed by atoms with Crippen molar-refractivity contribution in [1.29, 1.82) is 0 Å². The maximum atomic E-state index is 12.6. The Balaban J connectivity index is 1.86. The average Bonchev–Trinajstić information content (AvgIpc) is 2.64. The van der Waals surface area contributed by atoms with E-state index in [-0.39, 0.29) is 17.8 Å². The summed E-state index contributed by atoms with van der Waals surface area (Å²) in [5.74, 6) is -0.876. The van der Waals surface area contributed by atoms with Crippen LogP contribution < -0.4 is 15.8 Å². The lowest BCUT2D eigenvalue weighted by atomic mass is 10.1. The number of amides is 1. The number of hydrogen-bond donors (Lipinski definition) is 2. The van der Waals surface area contributed by atoms with Gasteiger partial charge in [-0.25, -0.2) is 4.79 Å². The number of nitrogens with two attached hydrogens (primary N) is 1. The highest BCUT2D eigenvalue weighted by Gasteiger charge is 2.31. The van der Waals surface area contributed by atoms with Crippen molar-refractivity contribution in [3.8, 4) is 5.75 Å². The maximum Gasteiger partial charge on any atom is 0.416 e. The number of carbonyl (C=O) groups excluding carboxylic acids is 2. The van der Waals surface area contributed by atoms with Gasteiger partial charge in [0.25, 0.3) is 5.91 Å². The first-order chi connectivity index (χ1) is 12.7. The molecule has 0 atom stereocenters. The zero-order valence-electron chi connectivity index (χ0n) is 14.3. The predicted octanol–water partition coefficient (Wildman–Crippen LogP) is 2.77. The van der Waals surface area contributed by atoms with Crippen molar-refractivity contribution in [2.45, 2.75) is 12.7 Å². The fraction of sp³-hybridized carbons (Fsp3) is 0.222. The van der Waals surface area contributed by atoms with Crippen LogP contribution in [0.2, 0.25) is 0 Å². The molecule has 2 aromatic rings. The zero-order chi connectivity index (χ0) is 20.0. The molecule has 1 amide bonds. The van der Waals surface area contributed by atoms with Crippen molar-refractivity contribution in [2.24, 2.45) is 0 Å². The second-order valence-electron chi connectivity index (χ2n) is 5.50. The molecule has 9 heteroatoms. The molecule has 0 fully saturated rings. The third-order valence-corrected chi connectivity index (χ3v) is 3.58. The number of anilines is 1. The van der Waals surface area contributed by atoms with Crippen molar-refractivity contribution in [3.05, 3.63) is 59.2 Å². The van der Waals surface area contributed by atoms with Crippen LogP contribution in [0, 0.1) is 0 Å². The molecule has 0 heterocycles. The van der Waals surface area contributed by atoms with E-state index < -0.39 is 30.2 Å². The third kappa shape index (κ3) is 5.63. The Bertz CT molecular complexity index is 820. The number of methoxy groups -OCH3 is 1. The summed E-state index contributed by atoms with van der Waals surface area (Å²) in [6.07, 6.45) is -4.57. The van der Waals surface area contributed by atoms with Gasteiger partial charge in [-0.2, -0.15) is 13.2 Å². The molecule has 27 heavy (non-hydrogen) atoms. The molecule has 0 unspecified atom stereocenters. The summed E-state index contributed by atoms with van der Waals surface area (Å²) in [6.45, 7) is -0.377. The minimum atomic E-state index is -4.57. The van der Waals surface area contributed by atoms with Crippen LogP contribution in [-0.2, 0) is 22.3 Å². The topological polar surface area (TPSA) is 90.6 Å². The Morgan fingerprint density at radius 3 is 2.33 bits per heavy atom. The molecule has 144 valence electrons. The fourth-order valence-corrected chi connectivity index (χ4v) is 2.13. The number of alkyl halides is 3. The van der Waals surface area contributed by atoms with Crippen LogP contribution in [0.4, 0.5) is 18.9 Å². The van der Waals surface area contributed by atoms with Gasteiger partial charge in [-0.05, 0) is 35.9 Å². The van der Waals surface area contributed by atoms with E-state index in [2.05, 4.69) is 5.32 Å². The number of hydrogen-bond acceptors (Lipinski definition) is 5. The summed E-state index contributed by atoms with van der Waals surface area (Å²) in [4.78, 5) is 23.7. The van der Waals surface area contributed by atoms with Gasteiger partial charge in [0, 0.05) is 12.2 Å².